The first-order chi connectivity index (χ1) is 15.8. The van der Waals surface area contributed by atoms with E-state index in [1.807, 2.05) is 60.7 Å². The maximum Gasteiger partial charge on any atom is 0.264 e. The van der Waals surface area contributed by atoms with Crippen LogP contribution >= 0.6 is 0 Å². The number of hydrogen-bond donors (Lipinski definition) is 0. The predicted molar refractivity (Wildman–Crippen MR) is 126 cm³/mol. The summed E-state index contributed by atoms with van der Waals surface area (Å²) in [6, 6.07) is 23.5. The summed E-state index contributed by atoms with van der Waals surface area (Å²) in [6.45, 7) is 4.44. The van der Waals surface area contributed by atoms with E-state index in [-0.39, 0.29) is 12.6 Å². The van der Waals surface area contributed by atoms with Gasteiger partial charge in [-0.1, -0.05) is 36.4 Å². The topological polar surface area (TPSA) is 42.0 Å². The van der Waals surface area contributed by atoms with E-state index in [4.69, 9.17) is 9.47 Å². The number of anilines is 1. The third-order valence-electron chi connectivity index (χ3n) is 6.15. The van der Waals surface area contributed by atoms with Crippen LogP contribution < -0.4 is 14.4 Å². The molecule has 5 rings (SSSR count). The fraction of sp³-hybridized carbons (Fsp3) is 0.296. The van der Waals surface area contributed by atoms with Crippen molar-refractivity contribution in [3.63, 3.8) is 0 Å². The summed E-state index contributed by atoms with van der Waals surface area (Å²) < 4.78 is 11.8. The third kappa shape index (κ3) is 4.48. The molecule has 0 atom stereocenters. The number of benzene rings is 3. The Hall–Kier alpha value is -3.31. The Balaban J connectivity index is 1.21. The monoisotopic (exact) mass is 428 g/mol. The number of ether oxygens (including phenoxy) is 2. The molecule has 2 heterocycles. The Labute approximate surface area is 189 Å². The van der Waals surface area contributed by atoms with Crippen molar-refractivity contribution in [2.75, 3.05) is 37.9 Å². The highest BCUT2D eigenvalue weighted by atomic mass is 16.5. The molecule has 32 heavy (non-hydrogen) atoms. The van der Waals surface area contributed by atoms with Crippen LogP contribution in [0.25, 0.3) is 11.1 Å². The standard InChI is InChI=1S/C27H28N2O3/c30-27-25-14-9-22(21-7-2-1-3-8-21)19-26(25)32-20-29(27)23-10-12-24(13-11-23)31-18-6-17-28-15-4-5-16-28/h1-3,7-14,19H,4-6,15-18,20H2. The van der Waals surface area contributed by atoms with Crippen LogP contribution in [-0.4, -0.2) is 43.8 Å². The van der Waals surface area contributed by atoms with Crippen LogP contribution in [-0.2, 0) is 0 Å². The molecule has 164 valence electrons. The number of amides is 1. The largest absolute Gasteiger partial charge is 0.494 e. The van der Waals surface area contributed by atoms with Crippen LogP contribution in [0.3, 0.4) is 0 Å². The highest BCUT2D eigenvalue weighted by Gasteiger charge is 2.27. The maximum absolute atomic E-state index is 13.1. The Morgan fingerprint density at radius 3 is 2.44 bits per heavy atom. The van der Waals surface area contributed by atoms with E-state index in [1.165, 1.54) is 25.9 Å². The molecule has 0 unspecified atom stereocenters. The molecule has 0 bridgehead atoms. The third-order valence-corrected chi connectivity index (χ3v) is 6.15. The lowest BCUT2D eigenvalue weighted by molar-refractivity contribution is 0.0937. The number of nitrogens with zero attached hydrogens (tertiary/aromatic N) is 2. The summed E-state index contributed by atoms with van der Waals surface area (Å²) in [5.41, 5.74) is 3.53. The van der Waals surface area contributed by atoms with Gasteiger partial charge in [-0.25, -0.2) is 0 Å². The van der Waals surface area contributed by atoms with Gasteiger partial charge in [0.1, 0.15) is 11.5 Å². The first-order valence-corrected chi connectivity index (χ1v) is 11.4. The second-order valence-electron chi connectivity index (χ2n) is 8.33. The molecule has 2 aliphatic heterocycles. The quantitative estimate of drug-likeness (QED) is 0.484. The van der Waals surface area contributed by atoms with Crippen molar-refractivity contribution in [1.82, 2.24) is 4.90 Å². The summed E-state index contributed by atoms with van der Waals surface area (Å²) >= 11 is 0. The molecular formula is C27H28N2O3. The van der Waals surface area contributed by atoms with Gasteiger partial charge < -0.3 is 14.4 Å². The molecule has 0 aromatic heterocycles. The molecule has 0 radical (unpaired) electrons. The minimum Gasteiger partial charge on any atom is -0.494 e. The molecule has 1 saturated heterocycles. The van der Waals surface area contributed by atoms with Crippen molar-refractivity contribution in [1.29, 1.82) is 0 Å². The Kier molecular flexibility index (Phi) is 6.08. The molecule has 5 heteroatoms. The van der Waals surface area contributed by atoms with E-state index in [2.05, 4.69) is 17.0 Å². The van der Waals surface area contributed by atoms with E-state index >= 15 is 0 Å². The van der Waals surface area contributed by atoms with Gasteiger partial charge in [0.2, 0.25) is 0 Å². The molecule has 0 saturated carbocycles. The zero-order chi connectivity index (χ0) is 21.8. The molecule has 3 aromatic rings. The number of carbonyl (C=O) groups is 1. The van der Waals surface area contributed by atoms with Gasteiger partial charge in [-0.2, -0.15) is 0 Å². The smallest absolute Gasteiger partial charge is 0.264 e. The van der Waals surface area contributed by atoms with E-state index in [1.54, 1.807) is 4.90 Å². The first kappa shape index (κ1) is 20.6. The molecule has 0 aliphatic carbocycles. The van der Waals surface area contributed by atoms with Gasteiger partial charge in [-0.3, -0.25) is 9.69 Å². The molecule has 1 fully saturated rings. The van der Waals surface area contributed by atoms with E-state index < -0.39 is 0 Å². The molecular weight excluding hydrogens is 400 g/mol. The molecule has 0 spiro atoms. The predicted octanol–water partition coefficient (Wildman–Crippen LogP) is 5.22. The maximum atomic E-state index is 13.1. The normalized spacial score (nSPS) is 16.0. The fourth-order valence-electron chi connectivity index (χ4n) is 4.37. The number of hydrogen-bond acceptors (Lipinski definition) is 4. The second kappa shape index (κ2) is 9.45. The van der Waals surface area contributed by atoms with Crippen LogP contribution in [0.4, 0.5) is 5.69 Å². The van der Waals surface area contributed by atoms with Gasteiger partial charge in [-0.15, -0.1) is 0 Å². The van der Waals surface area contributed by atoms with E-state index in [0.717, 1.165) is 35.5 Å². The van der Waals surface area contributed by atoms with Crippen LogP contribution in [0, 0.1) is 0 Å². The zero-order valence-corrected chi connectivity index (χ0v) is 18.2. The molecule has 5 nitrogen and oxygen atoms in total. The highest BCUT2D eigenvalue weighted by molar-refractivity contribution is 6.09. The highest BCUT2D eigenvalue weighted by Crippen LogP contribution is 2.33. The first-order valence-electron chi connectivity index (χ1n) is 11.4. The van der Waals surface area contributed by atoms with Crippen LogP contribution in [0.2, 0.25) is 0 Å². The minimum absolute atomic E-state index is 0.0508. The van der Waals surface area contributed by atoms with Gasteiger partial charge in [0.15, 0.2) is 6.73 Å². The summed E-state index contributed by atoms with van der Waals surface area (Å²) in [7, 11) is 0. The van der Waals surface area contributed by atoms with Crippen molar-refractivity contribution in [2.24, 2.45) is 0 Å². The fourth-order valence-corrected chi connectivity index (χ4v) is 4.37. The van der Waals surface area contributed by atoms with Crippen LogP contribution in [0.1, 0.15) is 29.6 Å². The Morgan fingerprint density at radius 2 is 1.66 bits per heavy atom. The number of likely N-dealkylation sites (tertiary alicyclic amines) is 1. The Bertz CT molecular complexity index is 1060. The summed E-state index contributed by atoms with van der Waals surface area (Å²) in [5, 5.41) is 0. The molecule has 3 aromatic carbocycles. The van der Waals surface area contributed by atoms with Gasteiger partial charge in [0.05, 0.1) is 12.2 Å². The van der Waals surface area contributed by atoms with Gasteiger partial charge in [0, 0.05) is 12.2 Å². The summed E-state index contributed by atoms with van der Waals surface area (Å²) in [4.78, 5) is 17.2. The van der Waals surface area contributed by atoms with Crippen LogP contribution in [0.15, 0.2) is 72.8 Å². The van der Waals surface area contributed by atoms with E-state index in [0.29, 0.717) is 17.9 Å². The van der Waals surface area contributed by atoms with Gasteiger partial charge in [0.25, 0.3) is 5.91 Å². The molecule has 2 aliphatic rings. The van der Waals surface area contributed by atoms with Crippen molar-refractivity contribution < 1.29 is 14.3 Å². The van der Waals surface area contributed by atoms with E-state index in [9.17, 15) is 4.79 Å². The molecule has 0 N–H and O–H groups in total. The van der Waals surface area contributed by atoms with Gasteiger partial charge in [-0.05, 0) is 79.9 Å². The number of carbonyl (C=O) groups excluding carboxylic acids is 1. The number of rotatable bonds is 7. The van der Waals surface area contributed by atoms with Crippen molar-refractivity contribution in [3.05, 3.63) is 78.4 Å². The van der Waals surface area contributed by atoms with Gasteiger partial charge >= 0.3 is 0 Å². The summed E-state index contributed by atoms with van der Waals surface area (Å²) in [5.74, 6) is 1.41. The lowest BCUT2D eigenvalue weighted by atomic mass is 10.0. The number of fused-ring (bicyclic) bond motifs is 1. The van der Waals surface area contributed by atoms with Crippen molar-refractivity contribution in [3.8, 4) is 22.6 Å². The SMILES string of the molecule is O=C1c2ccc(-c3ccccc3)cc2OCN1c1ccc(OCCCN2CCCC2)cc1. The minimum atomic E-state index is -0.0508. The van der Waals surface area contributed by atoms with Crippen LogP contribution in [0.5, 0.6) is 11.5 Å². The summed E-state index contributed by atoms with van der Waals surface area (Å²) in [6.07, 6.45) is 3.67. The molecule has 1 amide bonds. The second-order valence-corrected chi connectivity index (χ2v) is 8.33. The zero-order valence-electron chi connectivity index (χ0n) is 18.2. The lowest BCUT2D eigenvalue weighted by Gasteiger charge is -2.29. The Morgan fingerprint density at radius 1 is 0.875 bits per heavy atom. The van der Waals surface area contributed by atoms with Crippen molar-refractivity contribution >= 4 is 11.6 Å². The average molecular weight is 429 g/mol. The lowest BCUT2D eigenvalue weighted by Crippen LogP contribution is -2.38. The average Bonchev–Trinajstić information content (AvgIpc) is 3.37. The van der Waals surface area contributed by atoms with Crippen molar-refractivity contribution in [2.45, 2.75) is 19.3 Å².